The molecule has 24 heavy (non-hydrogen) atoms. The van der Waals surface area contributed by atoms with E-state index in [0.29, 0.717) is 25.8 Å². The highest BCUT2D eigenvalue weighted by Crippen LogP contribution is 2.21. The van der Waals surface area contributed by atoms with Crippen molar-refractivity contribution < 1.29 is 14.6 Å². The topological polar surface area (TPSA) is 67.6 Å². The number of likely N-dealkylation sites (tertiary alicyclic amines) is 1. The van der Waals surface area contributed by atoms with Crippen molar-refractivity contribution in [3.8, 4) is 5.69 Å². The zero-order valence-corrected chi connectivity index (χ0v) is 13.8. The molecule has 6 nitrogen and oxygen atoms in total. The number of ether oxygens (including phenoxy) is 1. The Hall–Kier alpha value is -2.18. The van der Waals surface area contributed by atoms with Crippen LogP contribution in [0.25, 0.3) is 5.69 Å². The number of nitrogens with zero attached hydrogens (tertiary/aromatic N) is 3. The summed E-state index contributed by atoms with van der Waals surface area (Å²) in [6.07, 6.45) is 5.52. The molecule has 1 aromatic heterocycles. The summed E-state index contributed by atoms with van der Waals surface area (Å²) in [4.78, 5) is 14.2. The second-order valence-corrected chi connectivity index (χ2v) is 6.10. The normalized spacial score (nSPS) is 20.5. The summed E-state index contributed by atoms with van der Waals surface area (Å²) in [5.41, 5.74) is 2.02. The first-order chi connectivity index (χ1) is 11.7. The number of aliphatic hydroxyl groups is 1. The maximum Gasteiger partial charge on any atom is 0.223 e. The number of carbonyl (C=O) groups is 1. The molecule has 1 fully saturated rings. The van der Waals surface area contributed by atoms with Gasteiger partial charge in [0, 0.05) is 26.3 Å². The van der Waals surface area contributed by atoms with Crippen molar-refractivity contribution >= 4 is 5.91 Å². The van der Waals surface area contributed by atoms with Gasteiger partial charge in [-0.3, -0.25) is 4.79 Å². The van der Waals surface area contributed by atoms with Gasteiger partial charge in [-0.25, -0.2) is 4.68 Å². The van der Waals surface area contributed by atoms with Crippen LogP contribution in [-0.4, -0.2) is 58.1 Å². The fraction of sp³-hybridized carbons (Fsp3) is 0.444. The van der Waals surface area contributed by atoms with Gasteiger partial charge in [0.25, 0.3) is 0 Å². The summed E-state index contributed by atoms with van der Waals surface area (Å²) in [5, 5.41) is 13.8. The molecule has 0 spiro atoms. The van der Waals surface area contributed by atoms with Crippen LogP contribution in [-0.2, 0) is 16.0 Å². The minimum absolute atomic E-state index is 0.0163. The molecule has 0 unspecified atom stereocenters. The van der Waals surface area contributed by atoms with Gasteiger partial charge in [0.2, 0.25) is 5.91 Å². The van der Waals surface area contributed by atoms with Crippen LogP contribution in [0.2, 0.25) is 0 Å². The Morgan fingerprint density at radius 3 is 2.88 bits per heavy atom. The summed E-state index contributed by atoms with van der Waals surface area (Å²) in [6, 6.07) is 9.75. The predicted octanol–water partition coefficient (Wildman–Crippen LogP) is 1.41. The number of carbonyl (C=O) groups excluding carboxylic acids is 1. The van der Waals surface area contributed by atoms with E-state index in [1.165, 1.54) is 0 Å². The largest absolute Gasteiger partial charge is 0.394 e. The fourth-order valence-electron chi connectivity index (χ4n) is 3.13. The Labute approximate surface area is 141 Å². The molecule has 2 aromatic rings. The average molecular weight is 329 g/mol. The van der Waals surface area contributed by atoms with Crippen LogP contribution in [0.3, 0.4) is 0 Å². The fourth-order valence-corrected chi connectivity index (χ4v) is 3.13. The molecule has 128 valence electrons. The van der Waals surface area contributed by atoms with Crippen molar-refractivity contribution in [3.05, 3.63) is 48.3 Å². The summed E-state index contributed by atoms with van der Waals surface area (Å²) in [6.45, 7) is 0.543. The molecular formula is C18H23N3O3. The third-order valence-corrected chi connectivity index (χ3v) is 4.52. The molecular weight excluding hydrogens is 306 g/mol. The van der Waals surface area contributed by atoms with Gasteiger partial charge in [0.05, 0.1) is 30.6 Å². The Kier molecular flexibility index (Phi) is 5.27. The Morgan fingerprint density at radius 2 is 2.17 bits per heavy atom. The third kappa shape index (κ3) is 3.66. The SMILES string of the molecule is CO[C@@H]1C[C@@H](CO)N(C(=O)CCc2cnn(-c3ccccc3)c2)C1. The van der Waals surface area contributed by atoms with E-state index in [-0.39, 0.29) is 24.7 Å². The molecule has 3 rings (SSSR count). The van der Waals surface area contributed by atoms with Crippen molar-refractivity contribution in [2.24, 2.45) is 0 Å². The number of hydrogen-bond acceptors (Lipinski definition) is 4. The van der Waals surface area contributed by atoms with Crippen molar-refractivity contribution in [1.29, 1.82) is 0 Å². The highest BCUT2D eigenvalue weighted by Gasteiger charge is 2.34. The number of aliphatic hydroxyl groups excluding tert-OH is 1. The molecule has 6 heteroatoms. The van der Waals surface area contributed by atoms with Crippen LogP contribution in [0.15, 0.2) is 42.7 Å². The Morgan fingerprint density at radius 1 is 1.38 bits per heavy atom. The van der Waals surface area contributed by atoms with E-state index in [0.717, 1.165) is 11.3 Å². The molecule has 2 atom stereocenters. The van der Waals surface area contributed by atoms with Crippen LogP contribution in [0.5, 0.6) is 0 Å². The Bertz CT molecular complexity index is 671. The van der Waals surface area contributed by atoms with Crippen LogP contribution < -0.4 is 0 Å². The predicted molar refractivity (Wildman–Crippen MR) is 89.9 cm³/mol. The van der Waals surface area contributed by atoms with Gasteiger partial charge < -0.3 is 14.7 Å². The molecule has 1 aromatic carbocycles. The lowest BCUT2D eigenvalue weighted by Gasteiger charge is -2.22. The number of aromatic nitrogens is 2. The van der Waals surface area contributed by atoms with Crippen LogP contribution >= 0.6 is 0 Å². The molecule has 1 saturated heterocycles. The number of para-hydroxylation sites is 1. The number of benzene rings is 1. The van der Waals surface area contributed by atoms with Crippen LogP contribution in [0, 0.1) is 0 Å². The molecule has 0 saturated carbocycles. The first-order valence-electron chi connectivity index (χ1n) is 8.23. The maximum atomic E-state index is 12.5. The van der Waals surface area contributed by atoms with E-state index in [4.69, 9.17) is 4.74 Å². The smallest absolute Gasteiger partial charge is 0.223 e. The van der Waals surface area contributed by atoms with E-state index >= 15 is 0 Å². The summed E-state index contributed by atoms with van der Waals surface area (Å²) in [5.74, 6) is 0.0565. The highest BCUT2D eigenvalue weighted by molar-refractivity contribution is 5.77. The minimum atomic E-state index is -0.130. The zero-order chi connectivity index (χ0) is 16.9. The number of methoxy groups -OCH3 is 1. The molecule has 0 bridgehead atoms. The van der Waals surface area contributed by atoms with Crippen molar-refractivity contribution in [1.82, 2.24) is 14.7 Å². The minimum Gasteiger partial charge on any atom is -0.394 e. The molecule has 0 radical (unpaired) electrons. The first kappa shape index (κ1) is 16.7. The summed E-state index contributed by atoms with van der Waals surface area (Å²) < 4.78 is 7.13. The summed E-state index contributed by atoms with van der Waals surface area (Å²) in [7, 11) is 1.64. The lowest BCUT2D eigenvalue weighted by molar-refractivity contribution is -0.133. The van der Waals surface area contributed by atoms with E-state index in [2.05, 4.69) is 5.10 Å². The molecule has 1 amide bonds. The van der Waals surface area contributed by atoms with Gasteiger partial charge in [-0.1, -0.05) is 18.2 Å². The van der Waals surface area contributed by atoms with E-state index in [1.54, 1.807) is 18.2 Å². The second kappa shape index (κ2) is 7.59. The third-order valence-electron chi connectivity index (χ3n) is 4.52. The molecule has 0 aliphatic carbocycles. The van der Waals surface area contributed by atoms with Crippen molar-refractivity contribution in [3.63, 3.8) is 0 Å². The maximum absolute atomic E-state index is 12.5. The van der Waals surface area contributed by atoms with E-state index < -0.39 is 0 Å². The van der Waals surface area contributed by atoms with Crippen molar-refractivity contribution in [2.75, 3.05) is 20.3 Å². The average Bonchev–Trinajstić information content (AvgIpc) is 3.27. The lowest BCUT2D eigenvalue weighted by atomic mass is 10.1. The highest BCUT2D eigenvalue weighted by atomic mass is 16.5. The van der Waals surface area contributed by atoms with Gasteiger partial charge in [-0.05, 0) is 30.5 Å². The van der Waals surface area contributed by atoms with Gasteiger partial charge in [0.15, 0.2) is 0 Å². The second-order valence-electron chi connectivity index (χ2n) is 6.10. The van der Waals surface area contributed by atoms with E-state index in [1.807, 2.05) is 41.2 Å². The molecule has 1 aliphatic heterocycles. The first-order valence-corrected chi connectivity index (χ1v) is 8.23. The van der Waals surface area contributed by atoms with Crippen LogP contribution in [0.4, 0.5) is 0 Å². The van der Waals surface area contributed by atoms with Gasteiger partial charge in [0.1, 0.15) is 0 Å². The van der Waals surface area contributed by atoms with Gasteiger partial charge >= 0.3 is 0 Å². The molecule has 2 heterocycles. The van der Waals surface area contributed by atoms with Gasteiger partial charge in [-0.2, -0.15) is 5.10 Å². The van der Waals surface area contributed by atoms with Gasteiger partial charge in [-0.15, -0.1) is 0 Å². The monoisotopic (exact) mass is 329 g/mol. The number of hydrogen-bond donors (Lipinski definition) is 1. The van der Waals surface area contributed by atoms with Crippen LogP contribution in [0.1, 0.15) is 18.4 Å². The Balaban J connectivity index is 1.58. The number of amides is 1. The zero-order valence-electron chi connectivity index (χ0n) is 13.8. The number of aryl methyl sites for hydroxylation is 1. The summed E-state index contributed by atoms with van der Waals surface area (Å²) >= 11 is 0. The quantitative estimate of drug-likeness (QED) is 0.870. The molecule has 1 N–H and O–H groups in total. The number of rotatable bonds is 6. The molecule has 1 aliphatic rings. The lowest BCUT2D eigenvalue weighted by Crippen LogP contribution is -2.38. The van der Waals surface area contributed by atoms with Crippen molar-refractivity contribution in [2.45, 2.75) is 31.4 Å². The standard InChI is InChI=1S/C18H23N3O3/c1-24-17-9-16(13-22)20(12-17)18(23)8-7-14-10-19-21(11-14)15-5-3-2-4-6-15/h2-6,10-11,16-17,22H,7-9,12-13H2,1H3/t16-,17+/m0/s1. The van der Waals surface area contributed by atoms with E-state index in [9.17, 15) is 9.90 Å².